The second-order valence-electron chi connectivity index (χ2n) is 8.56. The van der Waals surface area contributed by atoms with Crippen molar-refractivity contribution in [1.82, 2.24) is 15.2 Å². The van der Waals surface area contributed by atoms with Crippen molar-refractivity contribution in [2.24, 2.45) is 5.92 Å². The van der Waals surface area contributed by atoms with Crippen LogP contribution >= 0.6 is 0 Å². The summed E-state index contributed by atoms with van der Waals surface area (Å²) in [5.74, 6) is 0.808. The fourth-order valence-electron chi connectivity index (χ4n) is 4.75. The van der Waals surface area contributed by atoms with Crippen LogP contribution < -0.4 is 10.2 Å². The van der Waals surface area contributed by atoms with Crippen LogP contribution in [0, 0.1) is 16.0 Å². The van der Waals surface area contributed by atoms with E-state index in [4.69, 9.17) is 0 Å². The van der Waals surface area contributed by atoms with Crippen molar-refractivity contribution in [3.8, 4) is 0 Å². The van der Waals surface area contributed by atoms with Gasteiger partial charge in [0.05, 0.1) is 22.5 Å². The summed E-state index contributed by atoms with van der Waals surface area (Å²) in [6.45, 7) is 5.76. The molecule has 1 aromatic heterocycles. The summed E-state index contributed by atoms with van der Waals surface area (Å²) in [5.41, 5.74) is 1.65. The zero-order valence-corrected chi connectivity index (χ0v) is 17.4. The highest BCUT2D eigenvalue weighted by Crippen LogP contribution is 2.32. The average molecular weight is 412 g/mol. The summed E-state index contributed by atoms with van der Waals surface area (Å²) < 4.78 is 0. The molecule has 1 aliphatic carbocycles. The molecule has 2 aromatic rings. The van der Waals surface area contributed by atoms with Crippen LogP contribution in [0.5, 0.6) is 0 Å². The van der Waals surface area contributed by atoms with E-state index >= 15 is 0 Å². The van der Waals surface area contributed by atoms with Gasteiger partial charge in [-0.1, -0.05) is 19.8 Å². The Hall–Kier alpha value is -2.74. The molecule has 0 spiro atoms. The number of nitrogens with one attached hydrogen (secondary N) is 1. The third-order valence-electron chi connectivity index (χ3n) is 6.30. The Balaban J connectivity index is 1.36. The van der Waals surface area contributed by atoms with E-state index in [2.05, 4.69) is 27.0 Å². The first-order valence-corrected chi connectivity index (χ1v) is 10.8. The number of carbonyl (C=O) groups is 1. The second kappa shape index (κ2) is 8.95. The lowest BCUT2D eigenvalue weighted by molar-refractivity contribution is -0.383. The van der Waals surface area contributed by atoms with E-state index in [9.17, 15) is 14.9 Å². The highest BCUT2D eigenvalue weighted by molar-refractivity contribution is 5.97. The summed E-state index contributed by atoms with van der Waals surface area (Å²) in [4.78, 5) is 32.2. The lowest BCUT2D eigenvalue weighted by atomic mass is 9.87. The lowest BCUT2D eigenvalue weighted by Crippen LogP contribution is -2.51. The molecule has 0 radical (unpaired) electrons. The zero-order chi connectivity index (χ0) is 21.1. The summed E-state index contributed by atoms with van der Waals surface area (Å²) >= 11 is 0. The number of nitro groups is 1. The van der Waals surface area contributed by atoms with Gasteiger partial charge >= 0.3 is 0 Å². The van der Waals surface area contributed by atoms with Crippen molar-refractivity contribution in [3.63, 3.8) is 0 Å². The maximum absolute atomic E-state index is 12.5. The number of anilines is 1. The van der Waals surface area contributed by atoms with E-state index in [0.29, 0.717) is 29.4 Å². The van der Waals surface area contributed by atoms with Gasteiger partial charge in [-0.05, 0) is 37.0 Å². The van der Waals surface area contributed by atoms with Crippen LogP contribution in [0.15, 0.2) is 30.5 Å². The van der Waals surface area contributed by atoms with Crippen LogP contribution in [0.2, 0.25) is 0 Å². The van der Waals surface area contributed by atoms with Crippen molar-refractivity contribution >= 4 is 28.2 Å². The normalized spacial score (nSPS) is 22.8. The molecule has 1 aromatic carbocycles. The number of benzene rings is 1. The fraction of sp³-hybridized carbons (Fsp3) is 0.545. The van der Waals surface area contributed by atoms with Gasteiger partial charge < -0.3 is 10.2 Å². The first-order chi connectivity index (χ1) is 14.5. The molecule has 2 aliphatic rings. The Kier molecular flexibility index (Phi) is 6.13. The van der Waals surface area contributed by atoms with Gasteiger partial charge in [-0.15, -0.1) is 0 Å². The van der Waals surface area contributed by atoms with E-state index in [0.717, 1.165) is 44.7 Å². The Morgan fingerprint density at radius 1 is 1.23 bits per heavy atom. The number of piperazine rings is 1. The molecule has 2 fully saturated rings. The van der Waals surface area contributed by atoms with Crippen LogP contribution in [-0.4, -0.2) is 59.5 Å². The van der Waals surface area contributed by atoms with Crippen LogP contribution in [0.1, 0.15) is 32.6 Å². The number of nitrogens with zero attached hydrogens (tertiary/aromatic N) is 4. The monoisotopic (exact) mass is 411 g/mol. The van der Waals surface area contributed by atoms with E-state index in [1.807, 2.05) is 0 Å². The van der Waals surface area contributed by atoms with Gasteiger partial charge in [0.15, 0.2) is 0 Å². The molecule has 2 unspecified atom stereocenters. The smallest absolute Gasteiger partial charge is 0.278 e. The van der Waals surface area contributed by atoms with Crippen molar-refractivity contribution in [2.45, 2.75) is 38.6 Å². The Bertz CT molecular complexity index is 926. The molecule has 1 N–H and O–H groups in total. The number of amides is 1. The second-order valence-corrected chi connectivity index (χ2v) is 8.56. The molecule has 1 saturated heterocycles. The van der Waals surface area contributed by atoms with Crippen molar-refractivity contribution in [3.05, 3.63) is 40.6 Å². The van der Waals surface area contributed by atoms with Crippen molar-refractivity contribution in [1.29, 1.82) is 0 Å². The van der Waals surface area contributed by atoms with Crippen LogP contribution in [0.3, 0.4) is 0 Å². The predicted octanol–water partition coefficient (Wildman–Crippen LogP) is 2.96. The molecule has 8 heteroatoms. The molecule has 8 nitrogen and oxygen atoms in total. The Labute approximate surface area is 176 Å². The van der Waals surface area contributed by atoms with Gasteiger partial charge in [0.2, 0.25) is 5.91 Å². The first kappa shape index (κ1) is 20.5. The molecule has 1 aliphatic heterocycles. The lowest BCUT2D eigenvalue weighted by Gasteiger charge is -2.36. The molecule has 1 saturated carbocycles. The SMILES string of the molecule is CC1CCCC(NC(=O)CN2CCN(c3ccc([N+](=O)[O-])c4cccnc34)CC2)C1. The Morgan fingerprint density at radius 2 is 2.03 bits per heavy atom. The molecule has 1 amide bonds. The number of fused-ring (bicyclic) bond motifs is 1. The van der Waals surface area contributed by atoms with E-state index in [1.165, 1.54) is 12.8 Å². The largest absolute Gasteiger partial charge is 0.367 e. The predicted molar refractivity (Wildman–Crippen MR) is 117 cm³/mol. The number of pyridine rings is 1. The van der Waals surface area contributed by atoms with Crippen molar-refractivity contribution in [2.75, 3.05) is 37.6 Å². The molecule has 160 valence electrons. The summed E-state index contributed by atoms with van der Waals surface area (Å²) in [5, 5.41) is 15.1. The van der Waals surface area contributed by atoms with E-state index < -0.39 is 0 Å². The summed E-state index contributed by atoms with van der Waals surface area (Å²) in [7, 11) is 0. The molecule has 4 rings (SSSR count). The number of nitro benzene ring substituents is 1. The maximum Gasteiger partial charge on any atom is 0.278 e. The summed E-state index contributed by atoms with van der Waals surface area (Å²) in [6, 6.07) is 7.14. The number of rotatable bonds is 5. The van der Waals surface area contributed by atoms with Gasteiger partial charge in [0, 0.05) is 44.5 Å². The van der Waals surface area contributed by atoms with Gasteiger partial charge in [0.1, 0.15) is 5.52 Å². The van der Waals surface area contributed by atoms with E-state index in [-0.39, 0.29) is 16.5 Å². The number of hydrogen-bond donors (Lipinski definition) is 1. The minimum absolute atomic E-state index is 0.0780. The van der Waals surface area contributed by atoms with Crippen LogP contribution in [-0.2, 0) is 4.79 Å². The molecule has 0 bridgehead atoms. The molecular formula is C22H29N5O3. The van der Waals surface area contributed by atoms with Gasteiger partial charge in [0.25, 0.3) is 5.69 Å². The minimum Gasteiger partial charge on any atom is -0.367 e. The quantitative estimate of drug-likeness (QED) is 0.601. The number of aromatic nitrogens is 1. The van der Waals surface area contributed by atoms with Crippen LogP contribution in [0.4, 0.5) is 11.4 Å². The zero-order valence-electron chi connectivity index (χ0n) is 17.4. The molecule has 2 atom stereocenters. The Morgan fingerprint density at radius 3 is 2.77 bits per heavy atom. The van der Waals surface area contributed by atoms with Gasteiger partial charge in [-0.25, -0.2) is 0 Å². The van der Waals surface area contributed by atoms with Gasteiger partial charge in [-0.2, -0.15) is 0 Å². The molecular weight excluding hydrogens is 382 g/mol. The number of non-ortho nitro benzene ring substituents is 1. The highest BCUT2D eigenvalue weighted by atomic mass is 16.6. The summed E-state index contributed by atoms with van der Waals surface area (Å²) in [6.07, 6.45) is 6.30. The highest BCUT2D eigenvalue weighted by Gasteiger charge is 2.25. The minimum atomic E-state index is -0.364. The van der Waals surface area contributed by atoms with E-state index in [1.54, 1.807) is 30.5 Å². The standard InChI is InChI=1S/C22H29N5O3/c1-16-4-2-5-17(14-16)24-21(28)15-25-10-12-26(13-11-25)20-8-7-19(27(29)30)18-6-3-9-23-22(18)20/h3,6-9,16-17H,2,4-5,10-15H2,1H3,(H,24,28). The van der Waals surface area contributed by atoms with Crippen molar-refractivity contribution < 1.29 is 9.72 Å². The van der Waals surface area contributed by atoms with Crippen LogP contribution in [0.25, 0.3) is 10.9 Å². The third-order valence-corrected chi connectivity index (χ3v) is 6.30. The molecule has 30 heavy (non-hydrogen) atoms. The number of carbonyl (C=O) groups excluding carboxylic acids is 1. The maximum atomic E-state index is 12.5. The van der Waals surface area contributed by atoms with Gasteiger partial charge in [-0.3, -0.25) is 24.8 Å². The average Bonchev–Trinajstić information content (AvgIpc) is 2.73. The first-order valence-electron chi connectivity index (χ1n) is 10.8. The molecule has 2 heterocycles. The fourth-order valence-corrected chi connectivity index (χ4v) is 4.75. The topological polar surface area (TPSA) is 91.6 Å². The number of hydrogen-bond acceptors (Lipinski definition) is 6. The third kappa shape index (κ3) is 4.53.